The highest BCUT2D eigenvalue weighted by atomic mass is 16.5. The van der Waals surface area contributed by atoms with Crippen LogP contribution in [0.4, 0.5) is 0 Å². The predicted molar refractivity (Wildman–Crippen MR) is 85.0 cm³/mol. The highest BCUT2D eigenvalue weighted by molar-refractivity contribution is 5.89. The number of aliphatic hydroxyl groups excluding tert-OH is 1. The van der Waals surface area contributed by atoms with Gasteiger partial charge in [-0.05, 0) is 18.2 Å². The third-order valence-electron chi connectivity index (χ3n) is 3.15. The molecule has 0 heterocycles. The van der Waals surface area contributed by atoms with E-state index in [1.165, 1.54) is 7.11 Å². The molecule has 0 radical (unpaired) electrons. The molecular formula is C19H16O3. The molecule has 3 heteroatoms. The van der Waals surface area contributed by atoms with Gasteiger partial charge in [0.25, 0.3) is 0 Å². The Balaban J connectivity index is 2.34. The maximum atomic E-state index is 11.5. The van der Waals surface area contributed by atoms with E-state index in [4.69, 9.17) is 0 Å². The van der Waals surface area contributed by atoms with Gasteiger partial charge >= 0.3 is 5.97 Å². The zero-order valence-corrected chi connectivity index (χ0v) is 12.2. The standard InChI is InChI=1S/C19H16O3/c1-14(19(21)22-2)18(20)17-11-7-6-10-16(17)13-12-15-8-4-3-5-9-15/h3-11,18,20H,1H2,2H3. The third-order valence-corrected chi connectivity index (χ3v) is 3.15. The van der Waals surface area contributed by atoms with Crippen molar-refractivity contribution < 1.29 is 14.6 Å². The Morgan fingerprint density at radius 2 is 1.73 bits per heavy atom. The van der Waals surface area contributed by atoms with Gasteiger partial charge in [0.2, 0.25) is 0 Å². The molecule has 2 rings (SSSR count). The first-order valence-corrected chi connectivity index (χ1v) is 6.74. The highest BCUT2D eigenvalue weighted by Gasteiger charge is 2.20. The van der Waals surface area contributed by atoms with E-state index in [1.54, 1.807) is 18.2 Å². The first kappa shape index (κ1) is 15.6. The minimum Gasteiger partial charge on any atom is -0.466 e. The molecule has 0 saturated heterocycles. The van der Waals surface area contributed by atoms with Crippen molar-refractivity contribution in [1.29, 1.82) is 0 Å². The molecule has 0 aromatic heterocycles. The van der Waals surface area contributed by atoms with Crippen molar-refractivity contribution in [2.75, 3.05) is 7.11 Å². The largest absolute Gasteiger partial charge is 0.466 e. The van der Waals surface area contributed by atoms with Crippen LogP contribution in [-0.4, -0.2) is 18.2 Å². The van der Waals surface area contributed by atoms with E-state index in [9.17, 15) is 9.90 Å². The van der Waals surface area contributed by atoms with Gasteiger partial charge in [0.15, 0.2) is 0 Å². The molecule has 1 N–H and O–H groups in total. The maximum absolute atomic E-state index is 11.5. The van der Waals surface area contributed by atoms with E-state index >= 15 is 0 Å². The van der Waals surface area contributed by atoms with Gasteiger partial charge in [-0.15, -0.1) is 0 Å². The molecule has 0 aliphatic rings. The topological polar surface area (TPSA) is 46.5 Å². The fraction of sp³-hybridized carbons (Fsp3) is 0.105. The number of ether oxygens (including phenoxy) is 1. The minimum atomic E-state index is -1.14. The minimum absolute atomic E-state index is 0.0172. The Morgan fingerprint density at radius 1 is 1.09 bits per heavy atom. The van der Waals surface area contributed by atoms with Crippen LogP contribution in [-0.2, 0) is 9.53 Å². The zero-order chi connectivity index (χ0) is 15.9. The predicted octanol–water partition coefficient (Wildman–Crippen LogP) is 2.85. The number of carbonyl (C=O) groups is 1. The van der Waals surface area contributed by atoms with Gasteiger partial charge in [-0.25, -0.2) is 4.79 Å². The summed E-state index contributed by atoms with van der Waals surface area (Å²) in [6.45, 7) is 3.59. The van der Waals surface area contributed by atoms with Crippen LogP contribution in [0.25, 0.3) is 0 Å². The first-order chi connectivity index (χ1) is 10.6. The van der Waals surface area contributed by atoms with E-state index in [0.717, 1.165) is 5.56 Å². The molecule has 2 aromatic carbocycles. The molecule has 0 fully saturated rings. The second-order valence-electron chi connectivity index (χ2n) is 4.62. The van der Waals surface area contributed by atoms with Gasteiger partial charge in [0, 0.05) is 16.7 Å². The normalized spacial score (nSPS) is 11.0. The van der Waals surface area contributed by atoms with E-state index in [2.05, 4.69) is 23.2 Å². The lowest BCUT2D eigenvalue weighted by Crippen LogP contribution is -2.13. The molecule has 0 saturated carbocycles. The zero-order valence-electron chi connectivity index (χ0n) is 12.2. The molecule has 2 aromatic rings. The van der Waals surface area contributed by atoms with Gasteiger partial charge in [0.05, 0.1) is 12.7 Å². The fourth-order valence-electron chi connectivity index (χ4n) is 1.94. The van der Waals surface area contributed by atoms with Gasteiger partial charge in [-0.3, -0.25) is 0 Å². The summed E-state index contributed by atoms with van der Waals surface area (Å²) in [5, 5.41) is 10.3. The van der Waals surface area contributed by atoms with Crippen molar-refractivity contribution in [3.63, 3.8) is 0 Å². The van der Waals surface area contributed by atoms with Crippen LogP contribution in [0.15, 0.2) is 66.7 Å². The number of rotatable bonds is 3. The summed E-state index contributed by atoms with van der Waals surface area (Å²) in [5.74, 6) is 5.41. The molecule has 22 heavy (non-hydrogen) atoms. The SMILES string of the molecule is C=C(C(=O)OC)C(O)c1ccccc1C#Cc1ccccc1. The number of hydrogen-bond acceptors (Lipinski definition) is 3. The van der Waals surface area contributed by atoms with Crippen molar-refractivity contribution in [3.8, 4) is 11.8 Å². The summed E-state index contributed by atoms with van der Waals surface area (Å²) >= 11 is 0. The van der Waals surface area contributed by atoms with E-state index in [-0.39, 0.29) is 5.57 Å². The lowest BCUT2D eigenvalue weighted by Gasteiger charge is -2.14. The Hall–Kier alpha value is -2.83. The number of benzene rings is 2. The van der Waals surface area contributed by atoms with Crippen molar-refractivity contribution in [2.24, 2.45) is 0 Å². The fourth-order valence-corrected chi connectivity index (χ4v) is 1.94. The van der Waals surface area contributed by atoms with Crippen molar-refractivity contribution in [3.05, 3.63) is 83.4 Å². The monoisotopic (exact) mass is 292 g/mol. The molecule has 3 nitrogen and oxygen atoms in total. The highest BCUT2D eigenvalue weighted by Crippen LogP contribution is 2.24. The van der Waals surface area contributed by atoms with Crippen LogP contribution in [0, 0.1) is 11.8 Å². The van der Waals surface area contributed by atoms with Crippen LogP contribution in [0.2, 0.25) is 0 Å². The number of carbonyl (C=O) groups excluding carboxylic acids is 1. The van der Waals surface area contributed by atoms with Gasteiger partial charge in [-0.1, -0.05) is 54.8 Å². The van der Waals surface area contributed by atoms with Crippen LogP contribution in [0.3, 0.4) is 0 Å². The van der Waals surface area contributed by atoms with Crippen LogP contribution in [0.1, 0.15) is 22.8 Å². The molecule has 0 amide bonds. The Morgan fingerprint density at radius 3 is 2.41 bits per heavy atom. The maximum Gasteiger partial charge on any atom is 0.336 e. The number of methoxy groups -OCH3 is 1. The second kappa shape index (κ2) is 7.26. The average Bonchev–Trinajstić information content (AvgIpc) is 2.59. The van der Waals surface area contributed by atoms with Crippen LogP contribution < -0.4 is 0 Å². The first-order valence-electron chi connectivity index (χ1n) is 6.74. The second-order valence-corrected chi connectivity index (χ2v) is 4.62. The summed E-state index contributed by atoms with van der Waals surface area (Å²) < 4.78 is 4.59. The number of hydrogen-bond donors (Lipinski definition) is 1. The molecular weight excluding hydrogens is 276 g/mol. The summed E-state index contributed by atoms with van der Waals surface area (Å²) in [6.07, 6.45) is -1.14. The lowest BCUT2D eigenvalue weighted by atomic mass is 9.97. The molecule has 1 atom stereocenters. The van der Waals surface area contributed by atoms with Crippen LogP contribution >= 0.6 is 0 Å². The Labute approximate surface area is 129 Å². The molecule has 0 spiro atoms. The summed E-state index contributed by atoms with van der Waals surface area (Å²) in [6, 6.07) is 16.6. The molecule has 1 unspecified atom stereocenters. The molecule has 0 aliphatic heterocycles. The van der Waals surface area contributed by atoms with Crippen molar-refractivity contribution in [1.82, 2.24) is 0 Å². The van der Waals surface area contributed by atoms with E-state index < -0.39 is 12.1 Å². The molecule has 110 valence electrons. The third kappa shape index (κ3) is 3.63. The van der Waals surface area contributed by atoms with Gasteiger partial charge < -0.3 is 9.84 Å². The smallest absolute Gasteiger partial charge is 0.336 e. The van der Waals surface area contributed by atoms with E-state index in [1.807, 2.05) is 36.4 Å². The van der Waals surface area contributed by atoms with Crippen LogP contribution in [0.5, 0.6) is 0 Å². The Kier molecular flexibility index (Phi) is 5.13. The molecule has 0 bridgehead atoms. The van der Waals surface area contributed by atoms with Gasteiger partial charge in [0.1, 0.15) is 6.10 Å². The summed E-state index contributed by atoms with van der Waals surface area (Å²) in [5.41, 5.74) is 2.03. The number of aliphatic hydroxyl groups is 1. The van der Waals surface area contributed by atoms with Crippen molar-refractivity contribution >= 4 is 5.97 Å². The average molecular weight is 292 g/mol. The number of esters is 1. The summed E-state index contributed by atoms with van der Waals surface area (Å²) in [7, 11) is 1.25. The quantitative estimate of drug-likeness (QED) is 0.537. The van der Waals surface area contributed by atoms with Crippen molar-refractivity contribution in [2.45, 2.75) is 6.10 Å². The summed E-state index contributed by atoms with van der Waals surface area (Å²) in [4.78, 5) is 11.5. The lowest BCUT2D eigenvalue weighted by molar-refractivity contribution is -0.137. The Bertz CT molecular complexity index is 736. The van der Waals surface area contributed by atoms with E-state index in [0.29, 0.717) is 11.1 Å². The van der Waals surface area contributed by atoms with Gasteiger partial charge in [-0.2, -0.15) is 0 Å². The molecule has 0 aliphatic carbocycles.